The number of hydrogen-bond donors (Lipinski definition) is 3. The molecule has 0 radical (unpaired) electrons. The van der Waals surface area contributed by atoms with Gasteiger partial charge in [-0.15, -0.1) is 11.3 Å². The van der Waals surface area contributed by atoms with E-state index in [-0.39, 0.29) is 0 Å². The van der Waals surface area contributed by atoms with Gasteiger partial charge in [-0.3, -0.25) is 5.32 Å². The largest absolute Gasteiger partial charge is 0.376 e. The molecule has 1 aromatic rings. The van der Waals surface area contributed by atoms with Crippen molar-refractivity contribution in [2.75, 3.05) is 13.7 Å². The van der Waals surface area contributed by atoms with Crippen molar-refractivity contribution in [1.29, 1.82) is 0 Å². The molecular weight excluding hydrogens is 238 g/mol. The minimum atomic E-state index is -1.66. The number of thiophene rings is 1. The molecule has 0 aromatic carbocycles. The SMILES string of the molecule is CCCC(O)(O)NC.c1cc2c(s1)CCOC2. The summed E-state index contributed by atoms with van der Waals surface area (Å²) in [7, 11) is 1.51. The first-order chi connectivity index (χ1) is 8.09. The van der Waals surface area contributed by atoms with Gasteiger partial charge in [-0.1, -0.05) is 6.92 Å². The number of nitrogens with one attached hydrogen (secondary N) is 1. The van der Waals surface area contributed by atoms with Crippen molar-refractivity contribution in [3.8, 4) is 0 Å². The Hall–Kier alpha value is -0.460. The average Bonchev–Trinajstić information content (AvgIpc) is 2.78. The summed E-state index contributed by atoms with van der Waals surface area (Å²) in [5, 5.41) is 22.0. The van der Waals surface area contributed by atoms with Crippen molar-refractivity contribution in [2.24, 2.45) is 0 Å². The molecule has 1 aromatic heterocycles. The van der Waals surface area contributed by atoms with Gasteiger partial charge in [0.05, 0.1) is 13.2 Å². The van der Waals surface area contributed by atoms with Crippen molar-refractivity contribution < 1.29 is 14.9 Å². The van der Waals surface area contributed by atoms with E-state index in [1.807, 2.05) is 18.3 Å². The van der Waals surface area contributed by atoms with Crippen LogP contribution in [0.5, 0.6) is 0 Å². The predicted octanol–water partition coefficient (Wildman–Crippen LogP) is 1.47. The van der Waals surface area contributed by atoms with Crippen LogP contribution in [0.3, 0.4) is 0 Å². The molecule has 0 saturated heterocycles. The second-order valence-electron chi connectivity index (χ2n) is 3.99. The minimum Gasteiger partial charge on any atom is -0.376 e. The standard InChI is InChI=1S/C7H8OS.C5H13NO2/c1-3-8-5-6-2-4-9-7(1)6;1-3-4-5(7,8)6-2/h2,4H,1,3,5H2;6-8H,3-4H2,1-2H3. The fraction of sp³-hybridized carbons (Fsp3) is 0.667. The van der Waals surface area contributed by atoms with Crippen LogP contribution in [0.4, 0.5) is 0 Å². The lowest BCUT2D eigenvalue weighted by Gasteiger charge is -2.18. The highest BCUT2D eigenvalue weighted by Gasteiger charge is 2.16. The topological polar surface area (TPSA) is 61.7 Å². The summed E-state index contributed by atoms with van der Waals surface area (Å²) in [6.45, 7) is 3.63. The first kappa shape index (κ1) is 14.6. The minimum absolute atomic E-state index is 0.365. The van der Waals surface area contributed by atoms with Crippen LogP contribution in [0.15, 0.2) is 11.4 Å². The van der Waals surface area contributed by atoms with Gasteiger partial charge in [0.1, 0.15) is 0 Å². The Morgan fingerprint density at radius 1 is 1.53 bits per heavy atom. The second-order valence-corrected chi connectivity index (χ2v) is 4.99. The Morgan fingerprint density at radius 3 is 2.82 bits per heavy atom. The molecular formula is C12H21NO3S. The first-order valence-electron chi connectivity index (χ1n) is 5.85. The van der Waals surface area contributed by atoms with E-state index >= 15 is 0 Å². The molecule has 1 aliphatic rings. The number of hydrogen-bond acceptors (Lipinski definition) is 5. The summed E-state index contributed by atoms with van der Waals surface area (Å²) >= 11 is 1.85. The van der Waals surface area contributed by atoms with Crippen molar-refractivity contribution in [2.45, 2.75) is 38.7 Å². The molecule has 98 valence electrons. The van der Waals surface area contributed by atoms with E-state index in [4.69, 9.17) is 14.9 Å². The molecule has 4 nitrogen and oxygen atoms in total. The van der Waals surface area contributed by atoms with E-state index in [1.165, 1.54) is 17.5 Å². The molecule has 2 rings (SSSR count). The number of ether oxygens (including phenoxy) is 1. The molecule has 1 aliphatic heterocycles. The first-order valence-corrected chi connectivity index (χ1v) is 6.73. The van der Waals surface area contributed by atoms with Crippen LogP contribution in [0, 0.1) is 0 Å². The van der Waals surface area contributed by atoms with Crippen LogP contribution in [0.25, 0.3) is 0 Å². The van der Waals surface area contributed by atoms with Crippen LogP contribution >= 0.6 is 11.3 Å². The van der Waals surface area contributed by atoms with Gasteiger partial charge in [0, 0.05) is 17.7 Å². The molecule has 0 aliphatic carbocycles. The third kappa shape index (κ3) is 5.14. The molecule has 0 spiro atoms. The van der Waals surface area contributed by atoms with Gasteiger partial charge in [-0.05, 0) is 30.5 Å². The third-order valence-electron chi connectivity index (χ3n) is 2.57. The van der Waals surface area contributed by atoms with E-state index in [9.17, 15) is 0 Å². The lowest BCUT2D eigenvalue weighted by Crippen LogP contribution is -2.42. The Kier molecular flexibility index (Phi) is 6.08. The van der Waals surface area contributed by atoms with Gasteiger partial charge in [0.25, 0.3) is 0 Å². The van der Waals surface area contributed by atoms with E-state index in [0.29, 0.717) is 6.42 Å². The molecule has 5 heteroatoms. The van der Waals surface area contributed by atoms with Crippen molar-refractivity contribution in [3.63, 3.8) is 0 Å². The van der Waals surface area contributed by atoms with E-state index in [1.54, 1.807) is 0 Å². The van der Waals surface area contributed by atoms with E-state index < -0.39 is 5.91 Å². The second kappa shape index (κ2) is 7.08. The summed E-state index contributed by atoms with van der Waals surface area (Å²) in [4.78, 5) is 1.52. The maximum atomic E-state index is 8.77. The molecule has 0 bridgehead atoms. The summed E-state index contributed by atoms with van der Waals surface area (Å²) < 4.78 is 5.26. The quantitative estimate of drug-likeness (QED) is 0.719. The predicted molar refractivity (Wildman–Crippen MR) is 68.8 cm³/mol. The molecule has 0 saturated carbocycles. The van der Waals surface area contributed by atoms with Crippen molar-refractivity contribution in [1.82, 2.24) is 5.32 Å². The molecule has 2 heterocycles. The number of rotatable bonds is 3. The average molecular weight is 259 g/mol. The van der Waals surface area contributed by atoms with Crippen LogP contribution in [0.1, 0.15) is 30.2 Å². The van der Waals surface area contributed by atoms with Gasteiger partial charge in [-0.25, -0.2) is 0 Å². The Labute approximate surface area is 106 Å². The molecule has 0 amide bonds. The Bertz CT molecular complexity index is 305. The summed E-state index contributed by atoms with van der Waals surface area (Å²) in [6.07, 6.45) is 2.24. The smallest absolute Gasteiger partial charge is 0.222 e. The van der Waals surface area contributed by atoms with Crippen molar-refractivity contribution in [3.05, 3.63) is 21.9 Å². The molecule has 0 unspecified atom stereocenters. The zero-order chi connectivity index (χ0) is 12.7. The van der Waals surface area contributed by atoms with Crippen LogP contribution < -0.4 is 5.32 Å². The Balaban J connectivity index is 0.000000172. The monoisotopic (exact) mass is 259 g/mol. The van der Waals surface area contributed by atoms with Crippen LogP contribution in [-0.2, 0) is 17.8 Å². The highest BCUT2D eigenvalue weighted by atomic mass is 32.1. The highest BCUT2D eigenvalue weighted by molar-refractivity contribution is 7.10. The normalized spacial score (nSPS) is 14.8. The van der Waals surface area contributed by atoms with Gasteiger partial charge < -0.3 is 14.9 Å². The van der Waals surface area contributed by atoms with Crippen molar-refractivity contribution >= 4 is 11.3 Å². The maximum absolute atomic E-state index is 8.77. The lowest BCUT2D eigenvalue weighted by molar-refractivity contribution is -0.185. The van der Waals surface area contributed by atoms with Gasteiger partial charge >= 0.3 is 0 Å². The summed E-state index contributed by atoms with van der Waals surface area (Å²) in [6, 6.07) is 2.15. The summed E-state index contributed by atoms with van der Waals surface area (Å²) in [5.74, 6) is -1.66. The van der Waals surface area contributed by atoms with Gasteiger partial charge in [-0.2, -0.15) is 0 Å². The maximum Gasteiger partial charge on any atom is 0.222 e. The van der Waals surface area contributed by atoms with Crippen LogP contribution in [0.2, 0.25) is 0 Å². The Morgan fingerprint density at radius 2 is 2.29 bits per heavy atom. The van der Waals surface area contributed by atoms with Gasteiger partial charge in [0.15, 0.2) is 0 Å². The number of aliphatic hydroxyl groups is 2. The number of fused-ring (bicyclic) bond motifs is 1. The molecule has 0 fully saturated rings. The fourth-order valence-electron chi connectivity index (χ4n) is 1.54. The van der Waals surface area contributed by atoms with Crippen LogP contribution in [-0.4, -0.2) is 29.8 Å². The molecule has 17 heavy (non-hydrogen) atoms. The molecule has 0 atom stereocenters. The highest BCUT2D eigenvalue weighted by Crippen LogP contribution is 2.21. The zero-order valence-electron chi connectivity index (χ0n) is 10.4. The van der Waals surface area contributed by atoms with E-state index in [2.05, 4.69) is 16.8 Å². The fourth-order valence-corrected chi connectivity index (χ4v) is 2.41. The van der Waals surface area contributed by atoms with E-state index in [0.717, 1.165) is 26.1 Å². The van der Waals surface area contributed by atoms with Gasteiger partial charge in [0.2, 0.25) is 5.91 Å². The summed E-state index contributed by atoms with van der Waals surface area (Å²) in [5.41, 5.74) is 1.39. The molecule has 3 N–H and O–H groups in total. The third-order valence-corrected chi connectivity index (χ3v) is 3.59. The lowest BCUT2D eigenvalue weighted by atomic mass is 10.2. The zero-order valence-corrected chi connectivity index (χ0v) is 11.2.